The fourth-order valence-electron chi connectivity index (χ4n) is 1.64. The van der Waals surface area contributed by atoms with Gasteiger partial charge in [0.05, 0.1) is 29.5 Å². The van der Waals surface area contributed by atoms with Gasteiger partial charge in [0, 0.05) is 11.2 Å². The first-order valence-corrected chi connectivity index (χ1v) is 6.13. The van der Waals surface area contributed by atoms with Crippen LogP contribution < -0.4 is 0 Å². The zero-order valence-electron chi connectivity index (χ0n) is 9.83. The molecule has 19 heavy (non-hydrogen) atoms. The van der Waals surface area contributed by atoms with Crippen LogP contribution in [0.4, 0.5) is 0 Å². The van der Waals surface area contributed by atoms with E-state index in [-0.39, 0.29) is 0 Å². The maximum Gasteiger partial charge on any atom is 0.208 e. The molecule has 3 rings (SSSR count). The van der Waals surface area contributed by atoms with E-state index in [0.29, 0.717) is 15.9 Å². The highest BCUT2D eigenvalue weighted by molar-refractivity contribution is 6.35. The Morgan fingerprint density at radius 1 is 1.21 bits per heavy atom. The molecule has 1 aromatic carbocycles. The van der Waals surface area contributed by atoms with E-state index in [1.54, 1.807) is 42.3 Å². The summed E-state index contributed by atoms with van der Waals surface area (Å²) < 4.78 is 1.64. The number of hydrogen-bond donors (Lipinski definition) is 0. The first-order valence-electron chi connectivity index (χ1n) is 5.38. The van der Waals surface area contributed by atoms with Crippen LogP contribution in [0.2, 0.25) is 10.0 Å². The third kappa shape index (κ3) is 2.32. The molecule has 0 bridgehead atoms. The monoisotopic (exact) mass is 294 g/mol. The van der Waals surface area contributed by atoms with Crippen LogP contribution in [-0.4, -0.2) is 30.0 Å². The van der Waals surface area contributed by atoms with Crippen LogP contribution >= 0.6 is 23.2 Å². The Hall–Kier alpha value is -1.92. The molecular weight excluding hydrogens is 287 g/mol. The largest absolute Gasteiger partial charge is 0.239 e. The van der Waals surface area contributed by atoms with Gasteiger partial charge in [-0.2, -0.15) is 9.90 Å². The summed E-state index contributed by atoms with van der Waals surface area (Å²) >= 11 is 12.0. The molecule has 0 N–H and O–H groups in total. The lowest BCUT2D eigenvalue weighted by atomic mass is 10.3. The second-order valence-electron chi connectivity index (χ2n) is 3.87. The van der Waals surface area contributed by atoms with Crippen molar-refractivity contribution >= 4 is 23.2 Å². The summed E-state index contributed by atoms with van der Waals surface area (Å²) in [7, 11) is 1.71. The highest BCUT2D eigenvalue weighted by atomic mass is 35.5. The molecule has 0 saturated heterocycles. The molecule has 0 fully saturated rings. The Labute approximate surface area is 118 Å². The maximum absolute atomic E-state index is 6.13. The summed E-state index contributed by atoms with van der Waals surface area (Å²) in [5, 5.41) is 17.2. The van der Waals surface area contributed by atoms with Crippen LogP contribution in [0.3, 0.4) is 0 Å². The van der Waals surface area contributed by atoms with Crippen LogP contribution in [0.15, 0.2) is 30.6 Å². The molecule has 96 valence electrons. The topological polar surface area (TPSA) is 61.4 Å². The SMILES string of the molecule is Cn1nnc(-c2cnn(-c3ccc(Cl)cc3Cl)c2)n1. The molecule has 2 aromatic heterocycles. The smallest absolute Gasteiger partial charge is 0.208 e. The molecule has 2 heterocycles. The fraction of sp³-hybridized carbons (Fsp3) is 0.0909. The van der Waals surface area contributed by atoms with E-state index in [4.69, 9.17) is 23.2 Å². The van der Waals surface area contributed by atoms with Gasteiger partial charge < -0.3 is 0 Å². The van der Waals surface area contributed by atoms with Gasteiger partial charge in [-0.25, -0.2) is 4.68 Å². The van der Waals surface area contributed by atoms with Gasteiger partial charge >= 0.3 is 0 Å². The van der Waals surface area contributed by atoms with E-state index >= 15 is 0 Å². The molecule has 3 aromatic rings. The number of aryl methyl sites for hydroxylation is 1. The van der Waals surface area contributed by atoms with Gasteiger partial charge in [0.1, 0.15) is 0 Å². The van der Waals surface area contributed by atoms with Crippen LogP contribution in [-0.2, 0) is 7.05 Å². The molecule has 8 heteroatoms. The van der Waals surface area contributed by atoms with Crippen LogP contribution in [0.1, 0.15) is 0 Å². The van der Waals surface area contributed by atoms with Crippen molar-refractivity contribution in [2.24, 2.45) is 7.05 Å². The van der Waals surface area contributed by atoms with Crippen LogP contribution in [0.5, 0.6) is 0 Å². The summed E-state index contributed by atoms with van der Waals surface area (Å²) in [4.78, 5) is 1.39. The Morgan fingerprint density at radius 2 is 2.05 bits per heavy atom. The Kier molecular flexibility index (Phi) is 2.96. The lowest BCUT2D eigenvalue weighted by Crippen LogP contribution is -1.94. The van der Waals surface area contributed by atoms with E-state index in [9.17, 15) is 0 Å². The van der Waals surface area contributed by atoms with Gasteiger partial charge in [-0.05, 0) is 23.4 Å². The second-order valence-corrected chi connectivity index (χ2v) is 4.72. The molecule has 6 nitrogen and oxygen atoms in total. The second kappa shape index (κ2) is 4.64. The molecule has 0 unspecified atom stereocenters. The van der Waals surface area contributed by atoms with E-state index < -0.39 is 0 Å². The van der Waals surface area contributed by atoms with Crippen molar-refractivity contribution in [1.82, 2.24) is 30.0 Å². The Balaban J connectivity index is 2.01. The zero-order chi connectivity index (χ0) is 13.4. The van der Waals surface area contributed by atoms with Gasteiger partial charge in [-0.1, -0.05) is 23.2 Å². The quantitative estimate of drug-likeness (QED) is 0.728. The fourth-order valence-corrected chi connectivity index (χ4v) is 2.13. The highest BCUT2D eigenvalue weighted by Gasteiger charge is 2.10. The van der Waals surface area contributed by atoms with Crippen molar-refractivity contribution in [3.8, 4) is 17.1 Å². The molecule has 0 amide bonds. The van der Waals surface area contributed by atoms with Gasteiger partial charge in [-0.15, -0.1) is 10.2 Å². The number of nitrogens with zero attached hydrogens (tertiary/aromatic N) is 6. The van der Waals surface area contributed by atoms with Gasteiger partial charge in [-0.3, -0.25) is 0 Å². The predicted molar refractivity (Wildman–Crippen MR) is 71.4 cm³/mol. The van der Waals surface area contributed by atoms with Crippen LogP contribution in [0.25, 0.3) is 17.1 Å². The third-order valence-electron chi connectivity index (χ3n) is 2.51. The average Bonchev–Trinajstić information content (AvgIpc) is 2.97. The molecule has 0 atom stereocenters. The minimum absolute atomic E-state index is 0.513. The average molecular weight is 295 g/mol. The van der Waals surface area contributed by atoms with E-state index in [1.165, 1.54) is 4.80 Å². The third-order valence-corrected chi connectivity index (χ3v) is 3.04. The summed E-state index contributed by atoms with van der Waals surface area (Å²) in [6.07, 6.45) is 3.44. The lowest BCUT2D eigenvalue weighted by Gasteiger charge is -2.03. The Morgan fingerprint density at radius 3 is 2.74 bits per heavy atom. The molecule has 0 saturated carbocycles. The number of aromatic nitrogens is 6. The summed E-state index contributed by atoms with van der Waals surface area (Å²) in [6.45, 7) is 0. The number of benzene rings is 1. The summed E-state index contributed by atoms with van der Waals surface area (Å²) in [5.41, 5.74) is 1.50. The predicted octanol–water partition coefficient (Wildman–Crippen LogP) is 2.37. The molecule has 0 radical (unpaired) electrons. The number of rotatable bonds is 2. The van der Waals surface area contributed by atoms with Crippen molar-refractivity contribution in [2.75, 3.05) is 0 Å². The standard InChI is InChI=1S/C11H8Cl2N6/c1-18-16-11(15-17-18)7-5-14-19(6-7)10-3-2-8(12)4-9(10)13/h2-6H,1H3. The highest BCUT2D eigenvalue weighted by Crippen LogP contribution is 2.25. The van der Waals surface area contributed by atoms with E-state index in [1.807, 2.05) is 0 Å². The molecule has 0 aliphatic rings. The van der Waals surface area contributed by atoms with E-state index in [0.717, 1.165) is 11.3 Å². The first-order chi connectivity index (χ1) is 9.13. The van der Waals surface area contributed by atoms with Gasteiger partial charge in [0.15, 0.2) is 0 Å². The zero-order valence-corrected chi connectivity index (χ0v) is 11.3. The van der Waals surface area contributed by atoms with Gasteiger partial charge in [0.25, 0.3) is 0 Å². The molecule has 0 aliphatic carbocycles. The lowest BCUT2D eigenvalue weighted by molar-refractivity contribution is 0.630. The molecule has 0 aliphatic heterocycles. The van der Waals surface area contributed by atoms with Crippen molar-refractivity contribution in [1.29, 1.82) is 0 Å². The van der Waals surface area contributed by atoms with Gasteiger partial charge in [0.2, 0.25) is 5.82 Å². The number of tetrazole rings is 1. The summed E-state index contributed by atoms with van der Waals surface area (Å²) in [6, 6.07) is 5.22. The number of halogens is 2. The van der Waals surface area contributed by atoms with Crippen molar-refractivity contribution < 1.29 is 0 Å². The van der Waals surface area contributed by atoms with E-state index in [2.05, 4.69) is 20.5 Å². The molecular formula is C11H8Cl2N6. The van der Waals surface area contributed by atoms with Crippen molar-refractivity contribution in [3.05, 3.63) is 40.6 Å². The van der Waals surface area contributed by atoms with Crippen molar-refractivity contribution in [3.63, 3.8) is 0 Å². The first kappa shape index (κ1) is 12.1. The normalized spacial score (nSPS) is 10.9. The minimum Gasteiger partial charge on any atom is -0.239 e. The Bertz CT molecular complexity index is 732. The van der Waals surface area contributed by atoms with Crippen LogP contribution in [0, 0.1) is 0 Å². The van der Waals surface area contributed by atoms with Crippen molar-refractivity contribution in [2.45, 2.75) is 0 Å². The minimum atomic E-state index is 0.513. The summed E-state index contributed by atoms with van der Waals surface area (Å²) in [5.74, 6) is 0.513. The number of hydrogen-bond acceptors (Lipinski definition) is 4. The maximum atomic E-state index is 6.13. The molecule has 0 spiro atoms.